The van der Waals surface area contributed by atoms with Crippen molar-refractivity contribution in [2.45, 2.75) is 32.7 Å². The maximum atomic E-state index is 6.05. The minimum atomic E-state index is -0.242. The van der Waals surface area contributed by atoms with Crippen molar-refractivity contribution in [3.05, 3.63) is 42.2 Å². The first kappa shape index (κ1) is 11.8. The van der Waals surface area contributed by atoms with Crippen LogP contribution in [0.3, 0.4) is 0 Å². The second-order valence-electron chi connectivity index (χ2n) is 5.03. The molecule has 0 spiro atoms. The summed E-state index contributed by atoms with van der Waals surface area (Å²) in [7, 11) is 0. The molecule has 0 unspecified atom stereocenters. The monoisotopic (exact) mass is 230 g/mol. The van der Waals surface area contributed by atoms with Crippen LogP contribution in [-0.4, -0.2) is 20.1 Å². The molecule has 90 valence electrons. The first-order chi connectivity index (χ1) is 7.97. The lowest BCUT2D eigenvalue weighted by Crippen LogP contribution is -2.35. The van der Waals surface area contributed by atoms with E-state index >= 15 is 0 Å². The van der Waals surface area contributed by atoms with E-state index < -0.39 is 0 Å². The number of imidazole rings is 1. The van der Waals surface area contributed by atoms with E-state index in [1.165, 1.54) is 0 Å². The number of hydrogen-bond donors (Lipinski definition) is 1. The number of rotatable bonds is 3. The lowest BCUT2D eigenvalue weighted by Gasteiger charge is -2.19. The van der Waals surface area contributed by atoms with Crippen LogP contribution < -0.4 is 5.73 Å². The SMILES string of the molecule is Cc1ncccc1-n1cncc1CC(C)(C)N. The first-order valence-corrected chi connectivity index (χ1v) is 5.69. The van der Waals surface area contributed by atoms with Gasteiger partial charge >= 0.3 is 0 Å². The van der Waals surface area contributed by atoms with Crippen molar-refractivity contribution in [1.82, 2.24) is 14.5 Å². The Balaban J connectivity index is 2.41. The van der Waals surface area contributed by atoms with E-state index in [1.807, 2.05) is 45.4 Å². The number of aryl methyl sites for hydroxylation is 1. The Kier molecular flexibility index (Phi) is 2.98. The van der Waals surface area contributed by atoms with E-state index in [9.17, 15) is 0 Å². The standard InChI is InChI=1S/C13H18N4/c1-10-12(5-4-6-16-10)17-9-15-8-11(17)7-13(2,3)14/h4-6,8-9H,7,14H2,1-3H3. The highest BCUT2D eigenvalue weighted by Crippen LogP contribution is 2.17. The molecule has 0 aliphatic heterocycles. The fourth-order valence-corrected chi connectivity index (χ4v) is 1.87. The molecule has 0 bridgehead atoms. The largest absolute Gasteiger partial charge is 0.325 e. The van der Waals surface area contributed by atoms with Gasteiger partial charge < -0.3 is 10.3 Å². The van der Waals surface area contributed by atoms with Gasteiger partial charge in [-0.05, 0) is 32.9 Å². The molecular weight excluding hydrogens is 212 g/mol. The summed E-state index contributed by atoms with van der Waals surface area (Å²) in [6.45, 7) is 6.02. The van der Waals surface area contributed by atoms with Gasteiger partial charge in [0.25, 0.3) is 0 Å². The van der Waals surface area contributed by atoms with Gasteiger partial charge in [-0.2, -0.15) is 0 Å². The third kappa shape index (κ3) is 2.71. The fourth-order valence-electron chi connectivity index (χ4n) is 1.87. The third-order valence-electron chi connectivity index (χ3n) is 2.59. The van der Waals surface area contributed by atoms with Crippen LogP contribution in [0.5, 0.6) is 0 Å². The van der Waals surface area contributed by atoms with Gasteiger partial charge in [-0.15, -0.1) is 0 Å². The van der Waals surface area contributed by atoms with Gasteiger partial charge in [0.15, 0.2) is 0 Å². The number of nitrogens with zero attached hydrogens (tertiary/aromatic N) is 3. The van der Waals surface area contributed by atoms with Crippen molar-refractivity contribution in [3.8, 4) is 5.69 Å². The molecule has 2 rings (SSSR count). The zero-order chi connectivity index (χ0) is 12.5. The molecule has 2 N–H and O–H groups in total. The summed E-state index contributed by atoms with van der Waals surface area (Å²) < 4.78 is 2.05. The molecule has 4 heteroatoms. The highest BCUT2D eigenvalue weighted by molar-refractivity contribution is 5.37. The Bertz CT molecular complexity index is 508. The Morgan fingerprint density at radius 1 is 1.41 bits per heavy atom. The molecule has 2 heterocycles. The Morgan fingerprint density at radius 2 is 2.18 bits per heavy atom. The molecule has 0 saturated carbocycles. The minimum Gasteiger partial charge on any atom is -0.325 e. The number of hydrogen-bond acceptors (Lipinski definition) is 3. The van der Waals surface area contributed by atoms with E-state index in [4.69, 9.17) is 5.73 Å². The fraction of sp³-hybridized carbons (Fsp3) is 0.385. The number of pyridine rings is 1. The highest BCUT2D eigenvalue weighted by atomic mass is 15.1. The molecule has 0 atom stereocenters. The second-order valence-corrected chi connectivity index (χ2v) is 5.03. The molecule has 0 radical (unpaired) electrons. The smallest absolute Gasteiger partial charge is 0.0994 e. The molecule has 0 aliphatic carbocycles. The summed E-state index contributed by atoms with van der Waals surface area (Å²) in [5.74, 6) is 0. The molecular formula is C13H18N4. The number of nitrogens with two attached hydrogens (primary N) is 1. The van der Waals surface area contributed by atoms with Gasteiger partial charge in [-0.1, -0.05) is 0 Å². The summed E-state index contributed by atoms with van der Waals surface area (Å²) in [6.07, 6.45) is 6.25. The molecule has 0 aromatic carbocycles. The van der Waals surface area contributed by atoms with Crippen LogP contribution in [0.15, 0.2) is 30.9 Å². The quantitative estimate of drug-likeness (QED) is 0.875. The summed E-state index contributed by atoms with van der Waals surface area (Å²) >= 11 is 0. The normalized spacial score (nSPS) is 11.8. The molecule has 2 aromatic heterocycles. The molecule has 0 aliphatic rings. The third-order valence-corrected chi connectivity index (χ3v) is 2.59. The Labute approximate surface area is 102 Å². The van der Waals surface area contributed by atoms with Crippen molar-refractivity contribution in [2.24, 2.45) is 5.73 Å². The summed E-state index contributed by atoms with van der Waals surface area (Å²) in [5.41, 5.74) is 8.97. The van der Waals surface area contributed by atoms with Crippen LogP contribution in [0, 0.1) is 6.92 Å². The average Bonchev–Trinajstić information content (AvgIpc) is 2.64. The average molecular weight is 230 g/mol. The maximum absolute atomic E-state index is 6.05. The summed E-state index contributed by atoms with van der Waals surface area (Å²) in [6, 6.07) is 3.97. The van der Waals surface area contributed by atoms with Gasteiger partial charge in [0.1, 0.15) is 0 Å². The zero-order valence-corrected chi connectivity index (χ0v) is 10.5. The molecule has 0 amide bonds. The maximum Gasteiger partial charge on any atom is 0.0994 e. The van der Waals surface area contributed by atoms with Gasteiger partial charge in [-0.3, -0.25) is 4.98 Å². The topological polar surface area (TPSA) is 56.7 Å². The van der Waals surface area contributed by atoms with Crippen LogP contribution in [0.25, 0.3) is 5.69 Å². The van der Waals surface area contributed by atoms with Gasteiger partial charge in [0.05, 0.1) is 17.7 Å². The van der Waals surface area contributed by atoms with Crippen LogP contribution >= 0.6 is 0 Å². The molecule has 2 aromatic rings. The van der Waals surface area contributed by atoms with Crippen molar-refractivity contribution in [3.63, 3.8) is 0 Å². The van der Waals surface area contributed by atoms with Crippen molar-refractivity contribution in [1.29, 1.82) is 0 Å². The van der Waals surface area contributed by atoms with Gasteiger partial charge in [0, 0.05) is 30.0 Å². The first-order valence-electron chi connectivity index (χ1n) is 5.69. The summed E-state index contributed by atoms with van der Waals surface area (Å²) in [5, 5.41) is 0. The van der Waals surface area contributed by atoms with Crippen LogP contribution in [-0.2, 0) is 6.42 Å². The predicted molar refractivity (Wildman–Crippen MR) is 68.1 cm³/mol. The minimum absolute atomic E-state index is 0.242. The second kappa shape index (κ2) is 4.30. The van der Waals surface area contributed by atoms with Gasteiger partial charge in [-0.25, -0.2) is 4.98 Å². The van der Waals surface area contributed by atoms with E-state index in [-0.39, 0.29) is 5.54 Å². The van der Waals surface area contributed by atoms with Gasteiger partial charge in [0.2, 0.25) is 0 Å². The predicted octanol–water partition coefficient (Wildman–Crippen LogP) is 1.86. The Morgan fingerprint density at radius 3 is 2.82 bits per heavy atom. The van der Waals surface area contributed by atoms with Crippen molar-refractivity contribution >= 4 is 0 Å². The lowest BCUT2D eigenvalue weighted by atomic mass is 10.0. The number of aromatic nitrogens is 3. The van der Waals surface area contributed by atoms with Crippen LogP contribution in [0.1, 0.15) is 25.2 Å². The highest BCUT2D eigenvalue weighted by Gasteiger charge is 2.16. The van der Waals surface area contributed by atoms with Crippen LogP contribution in [0.4, 0.5) is 0 Å². The lowest BCUT2D eigenvalue weighted by molar-refractivity contribution is 0.506. The molecule has 17 heavy (non-hydrogen) atoms. The summed E-state index contributed by atoms with van der Waals surface area (Å²) in [4.78, 5) is 8.50. The molecule has 0 fully saturated rings. The molecule has 0 saturated heterocycles. The Hall–Kier alpha value is -1.68. The van der Waals surface area contributed by atoms with Crippen LogP contribution in [0.2, 0.25) is 0 Å². The van der Waals surface area contributed by atoms with E-state index in [0.717, 1.165) is 23.5 Å². The van der Waals surface area contributed by atoms with E-state index in [0.29, 0.717) is 0 Å². The van der Waals surface area contributed by atoms with Crippen molar-refractivity contribution < 1.29 is 0 Å². The van der Waals surface area contributed by atoms with Crippen molar-refractivity contribution in [2.75, 3.05) is 0 Å². The zero-order valence-electron chi connectivity index (χ0n) is 10.5. The molecule has 4 nitrogen and oxygen atoms in total. The van der Waals surface area contributed by atoms with E-state index in [1.54, 1.807) is 6.20 Å². The van der Waals surface area contributed by atoms with E-state index in [2.05, 4.69) is 14.5 Å².